The Balaban J connectivity index is 2.02. The van der Waals surface area contributed by atoms with Crippen molar-refractivity contribution in [3.63, 3.8) is 0 Å². The summed E-state index contributed by atoms with van der Waals surface area (Å²) in [4.78, 5) is 37.1. The van der Waals surface area contributed by atoms with Crippen molar-refractivity contribution in [1.29, 1.82) is 0 Å². The van der Waals surface area contributed by atoms with Gasteiger partial charge in [0.15, 0.2) is 0 Å². The van der Waals surface area contributed by atoms with Crippen LogP contribution in [0.4, 0.5) is 4.79 Å². The van der Waals surface area contributed by atoms with Gasteiger partial charge in [-0.05, 0) is 19.4 Å². The minimum absolute atomic E-state index is 0.128. The maximum Gasteiger partial charge on any atom is 0.409 e. The van der Waals surface area contributed by atoms with Crippen molar-refractivity contribution in [2.75, 3.05) is 0 Å². The summed E-state index contributed by atoms with van der Waals surface area (Å²) < 4.78 is 4.65. The molecule has 23 heavy (non-hydrogen) atoms. The minimum atomic E-state index is -0.742. The number of carbonyl (C=O) groups is 3. The van der Waals surface area contributed by atoms with Crippen LogP contribution in [-0.2, 0) is 20.9 Å². The summed E-state index contributed by atoms with van der Waals surface area (Å²) in [6.07, 6.45) is -1.03. The largest absolute Gasteiger partial charge is 0.445 e. The third kappa shape index (κ3) is 4.66. The SMILES string of the molecule is CC(C)(I)[C@H](NC(=O)OCc1ccccc1)N1C(=O)CCC1=O. The average Bonchev–Trinajstić information content (AvgIpc) is 2.82. The Labute approximate surface area is 148 Å². The zero-order valence-electron chi connectivity index (χ0n) is 13.0. The summed E-state index contributed by atoms with van der Waals surface area (Å²) in [6, 6.07) is 9.29. The molecule has 3 amide bonds. The zero-order chi connectivity index (χ0) is 17.0. The van der Waals surface area contributed by atoms with Crippen molar-refractivity contribution in [3.8, 4) is 0 Å². The Hall–Kier alpha value is -1.64. The van der Waals surface area contributed by atoms with Gasteiger partial charge in [0.25, 0.3) is 0 Å². The van der Waals surface area contributed by atoms with E-state index in [0.29, 0.717) is 0 Å². The molecule has 0 aromatic heterocycles. The van der Waals surface area contributed by atoms with E-state index in [1.165, 1.54) is 0 Å². The number of rotatable bonds is 5. The molecule has 0 spiro atoms. The Morgan fingerprint density at radius 3 is 2.35 bits per heavy atom. The number of imide groups is 1. The molecule has 1 aliphatic rings. The standard InChI is InChI=1S/C16H19IN2O4/c1-16(2,17)14(19-12(20)8-9-13(19)21)18-15(22)23-10-11-6-4-3-5-7-11/h3-7,14H,8-10H2,1-2H3,(H,18,22)/t14-/m1/s1. The molecule has 1 aliphatic heterocycles. The zero-order valence-corrected chi connectivity index (χ0v) is 15.2. The fourth-order valence-corrected chi connectivity index (χ4v) is 2.74. The second-order valence-electron chi connectivity index (χ2n) is 5.83. The lowest BCUT2D eigenvalue weighted by atomic mass is 10.1. The number of halogens is 1. The number of likely N-dealkylation sites (tertiary alicyclic amines) is 1. The van der Waals surface area contributed by atoms with E-state index in [-0.39, 0.29) is 31.3 Å². The Morgan fingerprint density at radius 2 is 1.83 bits per heavy atom. The topological polar surface area (TPSA) is 75.7 Å². The molecule has 0 saturated carbocycles. The molecule has 1 fully saturated rings. The van der Waals surface area contributed by atoms with Gasteiger partial charge in [-0.25, -0.2) is 4.79 Å². The van der Waals surface area contributed by atoms with E-state index in [4.69, 9.17) is 4.74 Å². The van der Waals surface area contributed by atoms with Crippen LogP contribution in [0.25, 0.3) is 0 Å². The van der Waals surface area contributed by atoms with E-state index in [1.54, 1.807) is 0 Å². The number of nitrogens with one attached hydrogen (secondary N) is 1. The summed E-state index contributed by atoms with van der Waals surface area (Å²) in [5.41, 5.74) is 0.862. The first-order valence-corrected chi connectivity index (χ1v) is 8.38. The molecule has 1 atom stereocenters. The number of amides is 3. The fourth-order valence-electron chi connectivity index (χ4n) is 2.30. The first-order chi connectivity index (χ1) is 10.8. The van der Waals surface area contributed by atoms with Crippen molar-refractivity contribution < 1.29 is 19.1 Å². The molecule has 1 aromatic carbocycles. The summed E-state index contributed by atoms with van der Waals surface area (Å²) in [5, 5.41) is 2.65. The molecule has 1 saturated heterocycles. The number of ether oxygens (including phenoxy) is 1. The van der Waals surface area contributed by atoms with E-state index in [0.717, 1.165) is 10.5 Å². The number of carbonyl (C=O) groups excluding carboxylic acids is 3. The van der Waals surface area contributed by atoms with Crippen molar-refractivity contribution in [2.45, 2.75) is 42.9 Å². The van der Waals surface area contributed by atoms with Crippen LogP contribution in [0.15, 0.2) is 30.3 Å². The minimum Gasteiger partial charge on any atom is -0.445 e. The molecule has 1 aromatic rings. The van der Waals surface area contributed by atoms with Crippen molar-refractivity contribution in [3.05, 3.63) is 35.9 Å². The summed E-state index contributed by atoms with van der Waals surface area (Å²) >= 11 is 2.11. The molecule has 0 aliphatic carbocycles. The van der Waals surface area contributed by atoms with Gasteiger partial charge >= 0.3 is 6.09 Å². The van der Waals surface area contributed by atoms with E-state index < -0.39 is 15.7 Å². The van der Waals surface area contributed by atoms with Crippen molar-refractivity contribution in [1.82, 2.24) is 10.2 Å². The summed E-state index contributed by atoms with van der Waals surface area (Å²) in [7, 11) is 0. The quantitative estimate of drug-likeness (QED) is 0.443. The fraction of sp³-hybridized carbons (Fsp3) is 0.438. The number of alkyl halides is 1. The molecule has 1 N–H and O–H groups in total. The first kappa shape index (κ1) is 17.7. The number of hydrogen-bond acceptors (Lipinski definition) is 4. The third-order valence-electron chi connectivity index (χ3n) is 3.47. The normalized spacial score (nSPS) is 16.4. The highest BCUT2D eigenvalue weighted by Gasteiger charge is 2.42. The molecule has 2 rings (SSSR count). The lowest BCUT2D eigenvalue weighted by Crippen LogP contribution is -2.58. The lowest BCUT2D eigenvalue weighted by molar-refractivity contribution is -0.142. The number of hydrogen-bond donors (Lipinski definition) is 1. The first-order valence-electron chi connectivity index (χ1n) is 7.30. The third-order valence-corrected chi connectivity index (χ3v) is 4.06. The van der Waals surface area contributed by atoms with Gasteiger partial charge in [-0.3, -0.25) is 19.8 Å². The molecule has 6 nitrogen and oxygen atoms in total. The van der Waals surface area contributed by atoms with E-state index in [9.17, 15) is 14.4 Å². The van der Waals surface area contributed by atoms with Crippen molar-refractivity contribution in [2.24, 2.45) is 0 Å². The highest BCUT2D eigenvalue weighted by molar-refractivity contribution is 14.1. The van der Waals surface area contributed by atoms with Crippen LogP contribution in [0.5, 0.6) is 0 Å². The Bertz CT molecular complexity index is 582. The lowest BCUT2D eigenvalue weighted by Gasteiger charge is -2.35. The second-order valence-corrected chi connectivity index (χ2v) is 8.61. The monoisotopic (exact) mass is 430 g/mol. The van der Waals surface area contributed by atoms with Gasteiger partial charge in [-0.2, -0.15) is 0 Å². The number of alkyl carbamates (subject to hydrolysis) is 1. The maximum absolute atomic E-state index is 12.1. The summed E-state index contributed by atoms with van der Waals surface area (Å²) in [5.74, 6) is -0.541. The summed E-state index contributed by atoms with van der Waals surface area (Å²) in [6.45, 7) is 3.81. The molecule has 124 valence electrons. The number of nitrogens with zero attached hydrogens (tertiary/aromatic N) is 1. The van der Waals surface area contributed by atoms with Gasteiger partial charge in [0.05, 0.1) is 3.42 Å². The van der Waals surface area contributed by atoms with Gasteiger partial charge < -0.3 is 4.74 Å². The van der Waals surface area contributed by atoms with Gasteiger partial charge in [-0.1, -0.05) is 52.9 Å². The molecule has 0 bridgehead atoms. The van der Waals surface area contributed by atoms with Crippen LogP contribution in [0.3, 0.4) is 0 Å². The Kier molecular flexibility index (Phi) is 5.61. The average molecular weight is 430 g/mol. The van der Waals surface area contributed by atoms with Gasteiger partial charge in [0.2, 0.25) is 11.8 Å². The van der Waals surface area contributed by atoms with Crippen LogP contribution in [-0.4, -0.2) is 32.4 Å². The van der Waals surface area contributed by atoms with Gasteiger partial charge in [0, 0.05) is 12.8 Å². The maximum atomic E-state index is 12.1. The van der Waals surface area contributed by atoms with Gasteiger partial charge in [0.1, 0.15) is 12.8 Å². The smallest absolute Gasteiger partial charge is 0.409 e. The van der Waals surface area contributed by atoms with Crippen molar-refractivity contribution >= 4 is 40.5 Å². The highest BCUT2D eigenvalue weighted by Crippen LogP contribution is 2.28. The second kappa shape index (κ2) is 7.29. The highest BCUT2D eigenvalue weighted by atomic mass is 127. The predicted octanol–water partition coefficient (Wildman–Crippen LogP) is 2.60. The van der Waals surface area contributed by atoms with Crippen LogP contribution >= 0.6 is 22.6 Å². The van der Waals surface area contributed by atoms with Crippen LogP contribution in [0, 0.1) is 0 Å². The molecule has 1 heterocycles. The van der Waals surface area contributed by atoms with Crippen LogP contribution < -0.4 is 5.32 Å². The molecular weight excluding hydrogens is 411 g/mol. The molecule has 0 unspecified atom stereocenters. The van der Waals surface area contributed by atoms with Gasteiger partial charge in [-0.15, -0.1) is 0 Å². The number of benzene rings is 1. The van der Waals surface area contributed by atoms with E-state index in [2.05, 4.69) is 27.9 Å². The van der Waals surface area contributed by atoms with E-state index in [1.807, 2.05) is 44.2 Å². The molecule has 0 radical (unpaired) electrons. The van der Waals surface area contributed by atoms with E-state index >= 15 is 0 Å². The Morgan fingerprint density at radius 1 is 1.26 bits per heavy atom. The predicted molar refractivity (Wildman–Crippen MR) is 92.7 cm³/mol. The van der Waals surface area contributed by atoms with Crippen LogP contribution in [0.2, 0.25) is 0 Å². The van der Waals surface area contributed by atoms with Crippen LogP contribution in [0.1, 0.15) is 32.3 Å². The molecular formula is C16H19IN2O4. The molecule has 7 heteroatoms.